The summed E-state index contributed by atoms with van der Waals surface area (Å²) >= 11 is 2.10. The number of aromatic hydroxyl groups is 2. The topological polar surface area (TPSA) is 79.4 Å². The lowest BCUT2D eigenvalue weighted by molar-refractivity contribution is 0.425. The van der Waals surface area contributed by atoms with Crippen molar-refractivity contribution in [3.8, 4) is 34.3 Å². The molecule has 0 aliphatic rings. The molecule has 7 heteroatoms. The standard InChI is InChI=1S/C14H8FIN2O3/c15-10-5-7(1-3-12(10)20)13-17-14(21-18-13)9-6-8(16)2-4-11(9)19/h1-6,19-20H. The summed E-state index contributed by atoms with van der Waals surface area (Å²) < 4.78 is 19.3. The highest BCUT2D eigenvalue weighted by Gasteiger charge is 2.15. The molecule has 0 amide bonds. The van der Waals surface area contributed by atoms with Crippen LogP contribution in [0.2, 0.25) is 0 Å². The Morgan fingerprint density at radius 3 is 2.57 bits per heavy atom. The van der Waals surface area contributed by atoms with Gasteiger partial charge in [-0.1, -0.05) is 5.16 Å². The highest BCUT2D eigenvalue weighted by Crippen LogP contribution is 2.31. The summed E-state index contributed by atoms with van der Waals surface area (Å²) in [6, 6.07) is 8.77. The molecule has 21 heavy (non-hydrogen) atoms. The van der Waals surface area contributed by atoms with E-state index in [1.54, 1.807) is 12.1 Å². The Morgan fingerprint density at radius 2 is 1.81 bits per heavy atom. The van der Waals surface area contributed by atoms with E-state index in [1.807, 2.05) is 0 Å². The van der Waals surface area contributed by atoms with E-state index in [-0.39, 0.29) is 17.5 Å². The summed E-state index contributed by atoms with van der Waals surface area (Å²) in [4.78, 5) is 4.13. The molecular formula is C14H8FIN2O3. The van der Waals surface area contributed by atoms with Crippen LogP contribution in [0.25, 0.3) is 22.8 Å². The predicted octanol–water partition coefficient (Wildman–Crippen LogP) is 3.56. The number of benzene rings is 2. The second-order valence-electron chi connectivity index (χ2n) is 4.25. The molecule has 0 spiro atoms. The van der Waals surface area contributed by atoms with E-state index in [9.17, 15) is 9.50 Å². The third kappa shape index (κ3) is 2.68. The Labute approximate surface area is 132 Å². The molecule has 0 saturated heterocycles. The van der Waals surface area contributed by atoms with Crippen LogP contribution in [0, 0.1) is 9.39 Å². The molecule has 0 aliphatic heterocycles. The Hall–Kier alpha value is -2.16. The minimum absolute atomic E-state index is 0.0162. The van der Waals surface area contributed by atoms with Crippen LogP contribution in [0.3, 0.4) is 0 Å². The number of aromatic nitrogens is 2. The smallest absolute Gasteiger partial charge is 0.262 e. The molecule has 1 heterocycles. The number of hydrogen-bond acceptors (Lipinski definition) is 5. The van der Waals surface area contributed by atoms with E-state index in [1.165, 1.54) is 18.2 Å². The second kappa shape index (κ2) is 5.32. The van der Waals surface area contributed by atoms with Crippen LogP contribution in [0.5, 0.6) is 11.5 Å². The van der Waals surface area contributed by atoms with Crippen molar-refractivity contribution in [2.75, 3.05) is 0 Å². The summed E-state index contributed by atoms with van der Waals surface area (Å²) in [5, 5.41) is 22.7. The number of rotatable bonds is 2. The lowest BCUT2D eigenvalue weighted by atomic mass is 10.2. The first-order chi connectivity index (χ1) is 10.0. The quantitative estimate of drug-likeness (QED) is 0.646. The molecule has 0 unspecified atom stereocenters. The van der Waals surface area contributed by atoms with Crippen molar-refractivity contribution in [2.24, 2.45) is 0 Å². The highest BCUT2D eigenvalue weighted by atomic mass is 127. The number of phenols is 2. The summed E-state index contributed by atoms with van der Waals surface area (Å²) in [6.45, 7) is 0. The van der Waals surface area contributed by atoms with Gasteiger partial charge < -0.3 is 14.7 Å². The molecule has 0 saturated carbocycles. The molecule has 0 atom stereocenters. The van der Waals surface area contributed by atoms with Gasteiger partial charge in [0, 0.05) is 9.13 Å². The lowest BCUT2D eigenvalue weighted by Gasteiger charge is -1.99. The van der Waals surface area contributed by atoms with Gasteiger partial charge in [0.25, 0.3) is 5.89 Å². The second-order valence-corrected chi connectivity index (χ2v) is 5.50. The zero-order valence-corrected chi connectivity index (χ0v) is 12.6. The van der Waals surface area contributed by atoms with Gasteiger partial charge in [-0.25, -0.2) is 4.39 Å². The van der Waals surface area contributed by atoms with Crippen LogP contribution in [-0.4, -0.2) is 20.4 Å². The largest absolute Gasteiger partial charge is 0.507 e. The fraction of sp³-hybridized carbons (Fsp3) is 0. The average Bonchev–Trinajstić information content (AvgIpc) is 2.94. The zero-order chi connectivity index (χ0) is 15.0. The van der Waals surface area contributed by atoms with Gasteiger partial charge in [0.15, 0.2) is 11.6 Å². The van der Waals surface area contributed by atoms with Gasteiger partial charge in [-0.15, -0.1) is 0 Å². The van der Waals surface area contributed by atoms with Crippen LogP contribution in [0.15, 0.2) is 40.9 Å². The molecule has 3 rings (SSSR count). The summed E-state index contributed by atoms with van der Waals surface area (Å²) in [6.07, 6.45) is 0. The number of hydrogen-bond donors (Lipinski definition) is 2. The number of nitrogens with zero attached hydrogens (tertiary/aromatic N) is 2. The average molecular weight is 398 g/mol. The van der Waals surface area contributed by atoms with Crippen molar-refractivity contribution in [1.29, 1.82) is 0 Å². The van der Waals surface area contributed by atoms with Crippen LogP contribution in [-0.2, 0) is 0 Å². The Morgan fingerprint density at radius 1 is 1.05 bits per heavy atom. The molecule has 3 aromatic rings. The third-order valence-electron chi connectivity index (χ3n) is 2.82. The maximum absolute atomic E-state index is 13.3. The van der Waals surface area contributed by atoms with Crippen molar-refractivity contribution < 1.29 is 19.1 Å². The fourth-order valence-corrected chi connectivity index (χ4v) is 2.27. The van der Waals surface area contributed by atoms with Crippen LogP contribution in [0.1, 0.15) is 0 Å². The first-order valence-corrected chi connectivity index (χ1v) is 6.94. The van der Waals surface area contributed by atoms with Crippen LogP contribution in [0.4, 0.5) is 4.39 Å². The maximum Gasteiger partial charge on any atom is 0.262 e. The van der Waals surface area contributed by atoms with Gasteiger partial charge >= 0.3 is 0 Å². The molecule has 0 fully saturated rings. The zero-order valence-electron chi connectivity index (χ0n) is 10.4. The summed E-state index contributed by atoms with van der Waals surface area (Å²) in [5.41, 5.74) is 0.769. The molecule has 1 aromatic heterocycles. The van der Waals surface area contributed by atoms with Crippen molar-refractivity contribution >= 4 is 22.6 Å². The first kappa shape index (κ1) is 13.8. The molecule has 2 N–H and O–H groups in total. The minimum atomic E-state index is -0.768. The maximum atomic E-state index is 13.3. The Balaban J connectivity index is 2.03. The summed E-state index contributed by atoms with van der Waals surface area (Å²) in [5.74, 6) is -0.896. The lowest BCUT2D eigenvalue weighted by Crippen LogP contribution is -1.84. The highest BCUT2D eigenvalue weighted by molar-refractivity contribution is 14.1. The molecule has 106 valence electrons. The van der Waals surface area contributed by atoms with E-state index in [0.717, 1.165) is 9.64 Å². The number of phenolic OH excluding ortho intramolecular Hbond substituents is 2. The van der Waals surface area contributed by atoms with E-state index in [2.05, 4.69) is 32.7 Å². The van der Waals surface area contributed by atoms with Crippen molar-refractivity contribution in [3.63, 3.8) is 0 Å². The molecule has 0 bridgehead atoms. The van der Waals surface area contributed by atoms with Crippen LogP contribution >= 0.6 is 22.6 Å². The summed E-state index contributed by atoms with van der Waals surface area (Å²) in [7, 11) is 0. The molecular weight excluding hydrogens is 390 g/mol. The monoisotopic (exact) mass is 398 g/mol. The van der Waals surface area contributed by atoms with Gasteiger partial charge in [0.2, 0.25) is 5.82 Å². The van der Waals surface area contributed by atoms with Gasteiger partial charge in [0.05, 0.1) is 5.56 Å². The third-order valence-corrected chi connectivity index (χ3v) is 3.49. The van der Waals surface area contributed by atoms with Gasteiger partial charge in [-0.2, -0.15) is 4.98 Å². The SMILES string of the molecule is Oc1ccc(-c2noc(-c3cc(I)ccc3O)n2)cc1F. The van der Waals surface area contributed by atoms with E-state index >= 15 is 0 Å². The predicted molar refractivity (Wildman–Crippen MR) is 81.2 cm³/mol. The Bertz CT molecular complexity index is 820. The molecule has 0 radical (unpaired) electrons. The number of halogens is 2. The van der Waals surface area contributed by atoms with E-state index < -0.39 is 11.6 Å². The minimum Gasteiger partial charge on any atom is -0.507 e. The van der Waals surface area contributed by atoms with Crippen molar-refractivity contribution in [2.45, 2.75) is 0 Å². The van der Waals surface area contributed by atoms with Gasteiger partial charge in [-0.05, 0) is 59.0 Å². The Kier molecular flexibility index (Phi) is 3.50. The van der Waals surface area contributed by atoms with E-state index in [0.29, 0.717) is 11.1 Å². The molecule has 0 aliphatic carbocycles. The van der Waals surface area contributed by atoms with Crippen LogP contribution < -0.4 is 0 Å². The van der Waals surface area contributed by atoms with E-state index in [4.69, 9.17) is 9.63 Å². The molecule has 5 nitrogen and oxygen atoms in total. The van der Waals surface area contributed by atoms with Crippen molar-refractivity contribution in [3.05, 3.63) is 45.8 Å². The van der Waals surface area contributed by atoms with Crippen molar-refractivity contribution in [1.82, 2.24) is 10.1 Å². The normalized spacial score (nSPS) is 10.8. The fourth-order valence-electron chi connectivity index (χ4n) is 1.78. The first-order valence-electron chi connectivity index (χ1n) is 5.86. The molecule has 2 aromatic carbocycles. The van der Waals surface area contributed by atoms with Gasteiger partial charge in [-0.3, -0.25) is 0 Å². The van der Waals surface area contributed by atoms with Gasteiger partial charge in [0.1, 0.15) is 5.75 Å².